The molecular weight excluding hydrogens is 250 g/mol. The van der Waals surface area contributed by atoms with Crippen molar-refractivity contribution in [3.05, 3.63) is 56.8 Å². The maximum atomic E-state index is 3.55. The van der Waals surface area contributed by atoms with Gasteiger partial charge in [-0.2, -0.15) is 0 Å². The van der Waals surface area contributed by atoms with Crippen LogP contribution in [0, 0.1) is 0 Å². The van der Waals surface area contributed by atoms with Gasteiger partial charge in [0.15, 0.2) is 0 Å². The van der Waals surface area contributed by atoms with E-state index in [2.05, 4.69) is 42.6 Å². The Morgan fingerprint density at radius 3 is 2.58 bits per heavy atom. The largest absolute Gasteiger partial charge is 0.308 e. The van der Waals surface area contributed by atoms with Gasteiger partial charge in [-0.25, -0.2) is 0 Å². The molecule has 1 aromatic heterocycles. The maximum Gasteiger partial charge on any atom is 0.0303 e. The molecule has 0 bridgehead atoms. The number of thiophene rings is 1. The van der Waals surface area contributed by atoms with Gasteiger partial charge in [-0.15, -0.1) is 11.3 Å². The van der Waals surface area contributed by atoms with Crippen LogP contribution in [0.4, 0.5) is 0 Å². The zero-order valence-corrected chi connectivity index (χ0v) is 12.4. The molecule has 0 atom stereocenters. The van der Waals surface area contributed by atoms with E-state index in [9.17, 15) is 0 Å². The normalized spacial score (nSPS) is 13.7. The Morgan fingerprint density at radius 1 is 1.05 bits per heavy atom. The molecule has 3 rings (SSSR count). The Kier molecular flexibility index (Phi) is 4.00. The Balaban J connectivity index is 1.51. The van der Waals surface area contributed by atoms with Crippen LogP contribution in [-0.4, -0.2) is 0 Å². The molecule has 1 aliphatic carbocycles. The summed E-state index contributed by atoms with van der Waals surface area (Å²) in [7, 11) is 0. The highest BCUT2D eigenvalue weighted by Crippen LogP contribution is 2.30. The first-order chi connectivity index (χ1) is 9.35. The predicted molar refractivity (Wildman–Crippen MR) is 82.7 cm³/mol. The fourth-order valence-electron chi connectivity index (χ4n) is 2.70. The van der Waals surface area contributed by atoms with E-state index in [0.717, 1.165) is 19.5 Å². The van der Waals surface area contributed by atoms with Crippen molar-refractivity contribution in [1.82, 2.24) is 5.32 Å². The second kappa shape index (κ2) is 5.89. The molecule has 1 aliphatic rings. The van der Waals surface area contributed by atoms with Crippen LogP contribution in [0.3, 0.4) is 0 Å². The van der Waals surface area contributed by atoms with E-state index in [-0.39, 0.29) is 0 Å². The van der Waals surface area contributed by atoms with Crippen molar-refractivity contribution in [2.24, 2.45) is 0 Å². The average molecular weight is 271 g/mol. The van der Waals surface area contributed by atoms with E-state index in [4.69, 9.17) is 0 Å². The van der Waals surface area contributed by atoms with E-state index in [0.29, 0.717) is 0 Å². The number of hydrogen-bond donors (Lipinski definition) is 1. The summed E-state index contributed by atoms with van der Waals surface area (Å²) in [6.07, 6.45) is 5.08. The van der Waals surface area contributed by atoms with Gasteiger partial charge in [0, 0.05) is 22.8 Å². The van der Waals surface area contributed by atoms with E-state index in [1.165, 1.54) is 35.3 Å². The van der Waals surface area contributed by atoms with Crippen molar-refractivity contribution < 1.29 is 0 Å². The van der Waals surface area contributed by atoms with Crippen LogP contribution in [0.2, 0.25) is 0 Å². The minimum absolute atomic E-state index is 0.965. The van der Waals surface area contributed by atoms with Gasteiger partial charge in [-0.3, -0.25) is 0 Å². The summed E-state index contributed by atoms with van der Waals surface area (Å²) >= 11 is 2.00. The third-order valence-electron chi connectivity index (χ3n) is 3.86. The number of fused-ring (bicyclic) bond motifs is 1. The zero-order valence-electron chi connectivity index (χ0n) is 11.5. The van der Waals surface area contributed by atoms with Gasteiger partial charge in [0.05, 0.1) is 0 Å². The Bertz CT molecular complexity index is 517. The highest BCUT2D eigenvalue weighted by Gasteiger charge is 2.14. The Hall–Kier alpha value is -1.12. The van der Waals surface area contributed by atoms with Crippen LogP contribution < -0.4 is 5.32 Å². The molecule has 0 fully saturated rings. The number of aryl methyl sites for hydroxylation is 3. The molecule has 0 radical (unpaired) electrons. The minimum Gasteiger partial charge on any atom is -0.308 e. The zero-order chi connectivity index (χ0) is 13.1. The SMILES string of the molecule is CCc1ccc(CNCc2cc3c(s2)CCC3)cc1. The van der Waals surface area contributed by atoms with Crippen LogP contribution in [0.1, 0.15) is 39.8 Å². The van der Waals surface area contributed by atoms with Gasteiger partial charge in [-0.1, -0.05) is 31.2 Å². The quantitative estimate of drug-likeness (QED) is 0.863. The van der Waals surface area contributed by atoms with Crippen molar-refractivity contribution in [1.29, 1.82) is 0 Å². The van der Waals surface area contributed by atoms with Crippen LogP contribution in [0.25, 0.3) is 0 Å². The molecular formula is C17H21NS. The lowest BCUT2D eigenvalue weighted by Gasteiger charge is -2.04. The third kappa shape index (κ3) is 3.07. The molecule has 19 heavy (non-hydrogen) atoms. The number of rotatable bonds is 5. The van der Waals surface area contributed by atoms with Gasteiger partial charge < -0.3 is 5.32 Å². The standard InChI is InChI=1S/C17H21NS/c1-2-13-6-8-14(9-7-13)11-18-12-16-10-15-4-3-5-17(15)19-16/h6-10,18H,2-5,11-12H2,1H3. The highest BCUT2D eigenvalue weighted by atomic mass is 32.1. The Morgan fingerprint density at radius 2 is 1.84 bits per heavy atom. The smallest absolute Gasteiger partial charge is 0.0303 e. The van der Waals surface area contributed by atoms with Crippen molar-refractivity contribution in [3.8, 4) is 0 Å². The third-order valence-corrected chi connectivity index (χ3v) is 5.09. The average Bonchev–Trinajstić information content (AvgIpc) is 3.00. The second-order valence-electron chi connectivity index (χ2n) is 5.29. The molecule has 0 saturated carbocycles. The van der Waals surface area contributed by atoms with Crippen molar-refractivity contribution in [2.45, 2.75) is 45.7 Å². The molecule has 2 aromatic rings. The monoisotopic (exact) mass is 271 g/mol. The lowest BCUT2D eigenvalue weighted by Crippen LogP contribution is -2.11. The molecule has 1 heterocycles. The van der Waals surface area contributed by atoms with Gasteiger partial charge in [0.2, 0.25) is 0 Å². The summed E-state index contributed by atoms with van der Waals surface area (Å²) < 4.78 is 0. The first-order valence-electron chi connectivity index (χ1n) is 7.24. The van der Waals surface area contributed by atoms with Crippen LogP contribution in [-0.2, 0) is 32.4 Å². The molecule has 1 aromatic carbocycles. The minimum atomic E-state index is 0.965. The lowest BCUT2D eigenvalue weighted by molar-refractivity contribution is 0.700. The first-order valence-corrected chi connectivity index (χ1v) is 8.06. The predicted octanol–water partition coefficient (Wildman–Crippen LogP) is 4.09. The molecule has 100 valence electrons. The summed E-state index contributed by atoms with van der Waals surface area (Å²) in [5, 5.41) is 3.55. The van der Waals surface area contributed by atoms with Crippen LogP contribution in [0.15, 0.2) is 30.3 Å². The van der Waals surface area contributed by atoms with Crippen molar-refractivity contribution >= 4 is 11.3 Å². The number of benzene rings is 1. The van der Waals surface area contributed by atoms with Crippen LogP contribution >= 0.6 is 11.3 Å². The van der Waals surface area contributed by atoms with Crippen LogP contribution in [0.5, 0.6) is 0 Å². The molecule has 0 saturated heterocycles. The van der Waals surface area contributed by atoms with Gasteiger partial charge in [-0.05, 0) is 48.4 Å². The number of nitrogens with one attached hydrogen (secondary N) is 1. The number of hydrogen-bond acceptors (Lipinski definition) is 2. The van der Waals surface area contributed by atoms with Gasteiger partial charge >= 0.3 is 0 Å². The van der Waals surface area contributed by atoms with E-state index in [1.54, 1.807) is 10.4 Å². The summed E-state index contributed by atoms with van der Waals surface area (Å²) in [4.78, 5) is 3.12. The molecule has 0 amide bonds. The van der Waals surface area contributed by atoms with E-state index >= 15 is 0 Å². The fraction of sp³-hybridized carbons (Fsp3) is 0.412. The summed E-state index contributed by atoms with van der Waals surface area (Å²) in [5.41, 5.74) is 4.40. The molecule has 0 spiro atoms. The summed E-state index contributed by atoms with van der Waals surface area (Å²) in [6.45, 7) is 4.17. The molecule has 0 unspecified atom stereocenters. The first kappa shape index (κ1) is 12.9. The van der Waals surface area contributed by atoms with E-state index in [1.807, 2.05) is 11.3 Å². The molecule has 1 nitrogen and oxygen atoms in total. The molecule has 1 N–H and O–H groups in total. The van der Waals surface area contributed by atoms with Gasteiger partial charge in [0.25, 0.3) is 0 Å². The van der Waals surface area contributed by atoms with Crippen molar-refractivity contribution in [2.75, 3.05) is 0 Å². The summed E-state index contributed by atoms with van der Waals surface area (Å²) in [5.74, 6) is 0. The van der Waals surface area contributed by atoms with Gasteiger partial charge in [0.1, 0.15) is 0 Å². The molecule has 0 aliphatic heterocycles. The summed E-state index contributed by atoms with van der Waals surface area (Å²) in [6, 6.07) is 11.3. The molecule has 2 heteroatoms. The Labute approximate surface area is 119 Å². The topological polar surface area (TPSA) is 12.0 Å². The second-order valence-corrected chi connectivity index (χ2v) is 6.51. The van der Waals surface area contributed by atoms with Crippen molar-refractivity contribution in [3.63, 3.8) is 0 Å². The maximum absolute atomic E-state index is 3.55. The van der Waals surface area contributed by atoms with E-state index < -0.39 is 0 Å². The lowest BCUT2D eigenvalue weighted by atomic mass is 10.1. The highest BCUT2D eigenvalue weighted by molar-refractivity contribution is 7.12. The fourth-order valence-corrected chi connectivity index (χ4v) is 3.93.